The van der Waals surface area contributed by atoms with Crippen LogP contribution in [0, 0.1) is 0 Å². The minimum absolute atomic E-state index is 0. The Morgan fingerprint density at radius 1 is 1.22 bits per heavy atom. The fraction of sp³-hybridized carbons (Fsp3) is 0.429. The molecule has 0 saturated heterocycles. The van der Waals surface area contributed by atoms with Crippen molar-refractivity contribution in [1.82, 2.24) is 4.90 Å². The number of furan rings is 1. The zero-order valence-electron chi connectivity index (χ0n) is 10.8. The molecular formula is C14H20ClNO2. The predicted octanol–water partition coefficient (Wildman–Crippen LogP) is 3.23. The average Bonchev–Trinajstić information content (AvgIpc) is 2.83. The molecule has 1 aromatic heterocycles. The second-order valence-corrected chi connectivity index (χ2v) is 4.19. The lowest BCUT2D eigenvalue weighted by molar-refractivity contribution is 0.119. The smallest absolute Gasteiger partial charge is 0.139 e. The SMILES string of the molecule is CCN(CC)CC(O)c1cccc2ccoc12.Cl. The van der Waals surface area contributed by atoms with Gasteiger partial charge >= 0.3 is 0 Å². The summed E-state index contributed by atoms with van der Waals surface area (Å²) in [4.78, 5) is 2.20. The number of halogens is 1. The van der Waals surface area contributed by atoms with Crippen LogP contribution >= 0.6 is 12.4 Å². The standard InChI is InChI=1S/C14H19NO2.ClH/c1-3-15(4-2)10-13(16)12-7-5-6-11-8-9-17-14(11)12;/h5-9,13,16H,3-4,10H2,1-2H3;1H. The quantitative estimate of drug-likeness (QED) is 0.905. The van der Waals surface area contributed by atoms with Crippen molar-refractivity contribution in [3.63, 3.8) is 0 Å². The lowest BCUT2D eigenvalue weighted by atomic mass is 10.1. The zero-order chi connectivity index (χ0) is 12.3. The van der Waals surface area contributed by atoms with Crippen molar-refractivity contribution in [2.75, 3.05) is 19.6 Å². The van der Waals surface area contributed by atoms with Gasteiger partial charge in [0.25, 0.3) is 0 Å². The minimum Gasteiger partial charge on any atom is -0.464 e. The number of para-hydroxylation sites is 1. The van der Waals surface area contributed by atoms with Crippen LogP contribution in [0.4, 0.5) is 0 Å². The Morgan fingerprint density at radius 3 is 2.61 bits per heavy atom. The van der Waals surface area contributed by atoms with Gasteiger partial charge in [0.05, 0.1) is 12.4 Å². The molecule has 1 N–H and O–H groups in total. The van der Waals surface area contributed by atoms with Crippen molar-refractivity contribution < 1.29 is 9.52 Å². The molecule has 1 heterocycles. The third-order valence-corrected chi connectivity index (χ3v) is 3.19. The van der Waals surface area contributed by atoms with Gasteiger partial charge in [0.1, 0.15) is 5.58 Å². The Balaban J connectivity index is 0.00000162. The Bertz CT molecular complexity index is 479. The zero-order valence-corrected chi connectivity index (χ0v) is 11.6. The van der Waals surface area contributed by atoms with E-state index in [1.165, 1.54) is 0 Å². The average molecular weight is 270 g/mol. The van der Waals surface area contributed by atoms with Crippen molar-refractivity contribution >= 4 is 23.4 Å². The van der Waals surface area contributed by atoms with Crippen LogP contribution in [0.15, 0.2) is 34.9 Å². The lowest BCUT2D eigenvalue weighted by Gasteiger charge is -2.22. The summed E-state index contributed by atoms with van der Waals surface area (Å²) in [5, 5.41) is 11.3. The van der Waals surface area contributed by atoms with Gasteiger partial charge in [-0.1, -0.05) is 32.0 Å². The molecule has 2 rings (SSSR count). The first-order chi connectivity index (χ1) is 8.26. The summed E-state index contributed by atoms with van der Waals surface area (Å²) in [6.07, 6.45) is 1.17. The van der Waals surface area contributed by atoms with E-state index in [-0.39, 0.29) is 12.4 Å². The Kier molecular flexibility index (Phi) is 5.66. The third-order valence-electron chi connectivity index (χ3n) is 3.19. The highest BCUT2D eigenvalue weighted by molar-refractivity contribution is 5.85. The number of aliphatic hydroxyl groups excluding tert-OH is 1. The molecule has 0 aliphatic heterocycles. The molecule has 3 nitrogen and oxygen atoms in total. The van der Waals surface area contributed by atoms with E-state index in [1.54, 1.807) is 6.26 Å². The van der Waals surface area contributed by atoms with Crippen LogP contribution in [0.5, 0.6) is 0 Å². The van der Waals surface area contributed by atoms with Gasteiger partial charge in [-0.3, -0.25) is 0 Å². The Labute approximate surface area is 114 Å². The van der Waals surface area contributed by atoms with E-state index in [4.69, 9.17) is 4.42 Å². The fourth-order valence-corrected chi connectivity index (χ4v) is 2.10. The lowest BCUT2D eigenvalue weighted by Crippen LogP contribution is -2.28. The third kappa shape index (κ3) is 3.05. The van der Waals surface area contributed by atoms with E-state index in [0.717, 1.165) is 29.6 Å². The number of likely N-dealkylation sites (N-methyl/N-ethyl adjacent to an activating group) is 1. The van der Waals surface area contributed by atoms with Crippen LogP contribution in [0.3, 0.4) is 0 Å². The predicted molar refractivity (Wildman–Crippen MR) is 76.2 cm³/mol. The highest BCUT2D eigenvalue weighted by Gasteiger charge is 2.15. The van der Waals surface area contributed by atoms with E-state index in [9.17, 15) is 5.11 Å². The van der Waals surface area contributed by atoms with Gasteiger partial charge in [-0.2, -0.15) is 0 Å². The van der Waals surface area contributed by atoms with Crippen LogP contribution in [-0.2, 0) is 0 Å². The molecule has 0 radical (unpaired) electrons. The van der Waals surface area contributed by atoms with Crippen molar-refractivity contribution in [3.8, 4) is 0 Å². The summed E-state index contributed by atoms with van der Waals surface area (Å²) in [7, 11) is 0. The number of fused-ring (bicyclic) bond motifs is 1. The van der Waals surface area contributed by atoms with E-state index < -0.39 is 6.10 Å². The maximum absolute atomic E-state index is 10.3. The highest BCUT2D eigenvalue weighted by Crippen LogP contribution is 2.25. The van der Waals surface area contributed by atoms with Crippen LogP contribution < -0.4 is 0 Å². The fourth-order valence-electron chi connectivity index (χ4n) is 2.10. The van der Waals surface area contributed by atoms with Crippen molar-refractivity contribution in [1.29, 1.82) is 0 Å². The first-order valence-corrected chi connectivity index (χ1v) is 6.12. The second-order valence-electron chi connectivity index (χ2n) is 4.19. The maximum Gasteiger partial charge on any atom is 0.139 e. The molecule has 1 aromatic carbocycles. The molecule has 1 unspecified atom stereocenters. The number of nitrogens with zero attached hydrogens (tertiary/aromatic N) is 1. The van der Waals surface area contributed by atoms with Crippen molar-refractivity contribution in [2.24, 2.45) is 0 Å². The van der Waals surface area contributed by atoms with Crippen LogP contribution in [0.25, 0.3) is 11.0 Å². The number of hydrogen-bond acceptors (Lipinski definition) is 3. The van der Waals surface area contributed by atoms with Gasteiger partial charge < -0.3 is 14.4 Å². The molecule has 0 spiro atoms. The van der Waals surface area contributed by atoms with E-state index in [1.807, 2.05) is 24.3 Å². The largest absolute Gasteiger partial charge is 0.464 e. The first kappa shape index (κ1) is 15.0. The molecule has 0 fully saturated rings. The molecule has 0 saturated carbocycles. The summed E-state index contributed by atoms with van der Waals surface area (Å²) in [6, 6.07) is 7.80. The van der Waals surface area contributed by atoms with Crippen LogP contribution in [0.2, 0.25) is 0 Å². The molecule has 0 bridgehead atoms. The summed E-state index contributed by atoms with van der Waals surface area (Å²) in [6.45, 7) is 6.74. The molecule has 4 heteroatoms. The number of rotatable bonds is 5. The molecule has 2 aromatic rings. The van der Waals surface area contributed by atoms with Crippen LogP contribution in [-0.4, -0.2) is 29.6 Å². The monoisotopic (exact) mass is 269 g/mol. The summed E-state index contributed by atoms with van der Waals surface area (Å²) in [5.41, 5.74) is 1.67. The molecule has 0 amide bonds. The van der Waals surface area contributed by atoms with E-state index >= 15 is 0 Å². The number of hydrogen-bond donors (Lipinski definition) is 1. The Hall–Kier alpha value is -1.03. The summed E-state index contributed by atoms with van der Waals surface area (Å²) >= 11 is 0. The number of benzene rings is 1. The molecular weight excluding hydrogens is 250 g/mol. The van der Waals surface area contributed by atoms with Crippen LogP contribution in [0.1, 0.15) is 25.5 Å². The molecule has 0 aliphatic carbocycles. The van der Waals surface area contributed by atoms with Gasteiger partial charge in [-0.15, -0.1) is 12.4 Å². The van der Waals surface area contributed by atoms with Gasteiger partial charge in [0, 0.05) is 17.5 Å². The second kappa shape index (κ2) is 6.78. The topological polar surface area (TPSA) is 36.6 Å². The molecule has 18 heavy (non-hydrogen) atoms. The normalized spacial score (nSPS) is 12.7. The maximum atomic E-state index is 10.3. The Morgan fingerprint density at radius 2 is 1.94 bits per heavy atom. The van der Waals surface area contributed by atoms with E-state index in [0.29, 0.717) is 6.54 Å². The molecule has 1 atom stereocenters. The summed E-state index contributed by atoms with van der Waals surface area (Å²) < 4.78 is 5.44. The van der Waals surface area contributed by atoms with Crippen molar-refractivity contribution in [3.05, 3.63) is 36.1 Å². The van der Waals surface area contributed by atoms with Gasteiger partial charge in [-0.25, -0.2) is 0 Å². The molecule has 100 valence electrons. The minimum atomic E-state index is -0.496. The van der Waals surface area contributed by atoms with Crippen molar-refractivity contribution in [2.45, 2.75) is 20.0 Å². The highest BCUT2D eigenvalue weighted by atomic mass is 35.5. The molecule has 0 aliphatic rings. The van der Waals surface area contributed by atoms with E-state index in [2.05, 4.69) is 18.7 Å². The van der Waals surface area contributed by atoms with Gasteiger partial charge in [-0.05, 0) is 19.2 Å². The number of aliphatic hydroxyl groups is 1. The van der Waals surface area contributed by atoms with Gasteiger partial charge in [0.15, 0.2) is 0 Å². The summed E-state index contributed by atoms with van der Waals surface area (Å²) in [5.74, 6) is 0. The first-order valence-electron chi connectivity index (χ1n) is 6.12. The van der Waals surface area contributed by atoms with Gasteiger partial charge in [0.2, 0.25) is 0 Å².